The van der Waals surface area contributed by atoms with Crippen LogP contribution in [0.3, 0.4) is 0 Å². The largest absolute Gasteiger partial charge is 0.493 e. The minimum Gasteiger partial charge on any atom is -0.493 e. The summed E-state index contributed by atoms with van der Waals surface area (Å²) >= 11 is 1.61. The fraction of sp³-hybridized carbons (Fsp3) is 0.259. The van der Waals surface area contributed by atoms with E-state index in [2.05, 4.69) is 5.32 Å². The van der Waals surface area contributed by atoms with Gasteiger partial charge in [0.1, 0.15) is 23.8 Å². The zero-order chi connectivity index (χ0) is 25.1. The maximum absolute atomic E-state index is 13.0. The van der Waals surface area contributed by atoms with E-state index in [1.54, 1.807) is 11.3 Å². The zero-order valence-corrected chi connectivity index (χ0v) is 20.7. The van der Waals surface area contributed by atoms with E-state index in [4.69, 9.17) is 14.6 Å². The van der Waals surface area contributed by atoms with Gasteiger partial charge in [-0.15, -0.1) is 11.3 Å². The number of carbonyl (C=O) groups excluding carboxylic acids is 1. The fourth-order valence-corrected chi connectivity index (χ4v) is 5.22. The highest BCUT2D eigenvalue weighted by atomic mass is 32.1. The van der Waals surface area contributed by atoms with Gasteiger partial charge in [-0.1, -0.05) is 18.2 Å². The summed E-state index contributed by atoms with van der Waals surface area (Å²) in [5.41, 5.74) is 3.22. The lowest BCUT2D eigenvalue weighted by atomic mass is 10.1. The summed E-state index contributed by atoms with van der Waals surface area (Å²) in [7, 11) is 1.89. The van der Waals surface area contributed by atoms with Crippen LogP contribution in [0.4, 0.5) is 10.5 Å². The molecule has 0 bridgehead atoms. The molecule has 1 fully saturated rings. The molecular weight excluding hydrogens is 478 g/mol. The lowest BCUT2D eigenvalue weighted by Crippen LogP contribution is -2.27. The molecule has 186 valence electrons. The van der Waals surface area contributed by atoms with Gasteiger partial charge in [0.2, 0.25) is 0 Å². The molecule has 1 atom stereocenters. The van der Waals surface area contributed by atoms with Gasteiger partial charge in [-0.3, -0.25) is 4.79 Å². The van der Waals surface area contributed by atoms with Crippen molar-refractivity contribution >= 4 is 39.2 Å². The van der Waals surface area contributed by atoms with Gasteiger partial charge in [0.05, 0.1) is 16.8 Å². The first kappa shape index (κ1) is 23.7. The normalized spacial score (nSPS) is 15.2. The molecule has 36 heavy (non-hydrogen) atoms. The molecule has 0 unspecified atom stereocenters. The van der Waals surface area contributed by atoms with Crippen LogP contribution < -0.4 is 14.8 Å². The Balaban J connectivity index is 1.16. The van der Waals surface area contributed by atoms with Crippen LogP contribution >= 0.6 is 11.3 Å². The molecule has 0 spiro atoms. The van der Waals surface area contributed by atoms with Crippen molar-refractivity contribution in [2.45, 2.75) is 13.0 Å². The molecule has 0 saturated carbocycles. The Labute approximate surface area is 212 Å². The van der Waals surface area contributed by atoms with Crippen LogP contribution in [0.25, 0.3) is 10.2 Å². The van der Waals surface area contributed by atoms with Gasteiger partial charge in [-0.05, 0) is 54.3 Å². The van der Waals surface area contributed by atoms with Crippen molar-refractivity contribution < 1.29 is 24.2 Å². The molecule has 2 N–H and O–H groups in total. The van der Waals surface area contributed by atoms with Gasteiger partial charge < -0.3 is 29.4 Å². The van der Waals surface area contributed by atoms with Gasteiger partial charge in [0, 0.05) is 37.3 Å². The second kappa shape index (κ2) is 10.3. The molecule has 1 aliphatic heterocycles. The molecule has 0 radical (unpaired) electrons. The number of thiophene rings is 1. The molecule has 0 aliphatic carbocycles. The van der Waals surface area contributed by atoms with Gasteiger partial charge in [0.25, 0.3) is 5.91 Å². The van der Waals surface area contributed by atoms with Crippen LogP contribution in [0.15, 0.2) is 66.0 Å². The first-order chi connectivity index (χ1) is 17.5. The number of anilines is 1. The van der Waals surface area contributed by atoms with E-state index in [9.17, 15) is 9.59 Å². The van der Waals surface area contributed by atoms with Crippen LogP contribution in [0.1, 0.15) is 22.5 Å². The second-order valence-electron chi connectivity index (χ2n) is 8.82. The van der Waals surface area contributed by atoms with E-state index in [0.717, 1.165) is 22.2 Å². The number of fused-ring (bicyclic) bond motifs is 1. The summed E-state index contributed by atoms with van der Waals surface area (Å²) in [6.45, 7) is 1.85. The first-order valence-electron chi connectivity index (χ1n) is 11.7. The number of aryl methyl sites for hydroxylation is 1. The van der Waals surface area contributed by atoms with Crippen LogP contribution in [0, 0.1) is 5.92 Å². The monoisotopic (exact) mass is 505 g/mol. The number of rotatable bonds is 8. The Morgan fingerprint density at radius 1 is 1.08 bits per heavy atom. The molecular formula is C27H27N3O5S. The van der Waals surface area contributed by atoms with Crippen LogP contribution in [-0.4, -0.2) is 46.3 Å². The number of aromatic nitrogens is 1. The number of likely N-dealkylation sites (tertiary alicyclic amines) is 1. The van der Waals surface area contributed by atoms with Crippen molar-refractivity contribution in [2.24, 2.45) is 13.0 Å². The van der Waals surface area contributed by atoms with Crippen LogP contribution in [-0.2, 0) is 13.7 Å². The first-order valence-corrected chi connectivity index (χ1v) is 12.6. The molecule has 8 nitrogen and oxygen atoms in total. The van der Waals surface area contributed by atoms with Crippen molar-refractivity contribution in [1.29, 1.82) is 0 Å². The Hall–Kier alpha value is -3.98. The number of amides is 2. The highest BCUT2D eigenvalue weighted by molar-refractivity contribution is 7.17. The number of para-hydroxylation sites is 1. The summed E-state index contributed by atoms with van der Waals surface area (Å²) in [5.74, 6) is 1.44. The van der Waals surface area contributed by atoms with Gasteiger partial charge in [-0.2, -0.15) is 0 Å². The van der Waals surface area contributed by atoms with Crippen molar-refractivity contribution in [1.82, 2.24) is 9.47 Å². The lowest BCUT2D eigenvalue weighted by molar-refractivity contribution is 0.101. The number of ether oxygens (including phenoxy) is 2. The molecule has 2 aromatic carbocycles. The van der Waals surface area contributed by atoms with E-state index < -0.39 is 6.09 Å². The number of hydrogen-bond donors (Lipinski definition) is 2. The van der Waals surface area contributed by atoms with Crippen molar-refractivity contribution in [3.8, 4) is 11.5 Å². The fourth-order valence-electron chi connectivity index (χ4n) is 4.37. The average Bonchev–Trinajstić information content (AvgIpc) is 3.61. The predicted molar refractivity (Wildman–Crippen MR) is 139 cm³/mol. The third kappa shape index (κ3) is 5.16. The molecule has 5 rings (SSSR count). The topological polar surface area (TPSA) is 93.0 Å². The number of nitrogens with one attached hydrogen (secondary N) is 1. The lowest BCUT2D eigenvalue weighted by Gasteiger charge is -2.14. The van der Waals surface area contributed by atoms with Crippen LogP contribution in [0.5, 0.6) is 11.5 Å². The second-order valence-corrected chi connectivity index (χ2v) is 9.77. The number of nitrogens with zero attached hydrogens (tertiary/aromatic N) is 2. The van der Waals surface area contributed by atoms with Gasteiger partial charge >= 0.3 is 6.09 Å². The molecule has 1 saturated heterocycles. The van der Waals surface area contributed by atoms with Crippen molar-refractivity contribution in [3.63, 3.8) is 0 Å². The summed E-state index contributed by atoms with van der Waals surface area (Å²) in [6, 6.07) is 18.9. The Morgan fingerprint density at radius 2 is 1.83 bits per heavy atom. The summed E-state index contributed by atoms with van der Waals surface area (Å²) in [4.78, 5) is 25.4. The number of benzene rings is 2. The molecule has 4 aromatic rings. The maximum atomic E-state index is 13.0. The van der Waals surface area contributed by atoms with Gasteiger partial charge in [0.15, 0.2) is 0 Å². The number of carboxylic acid groups (broad SMARTS) is 1. The van der Waals surface area contributed by atoms with Gasteiger partial charge in [-0.25, -0.2) is 4.79 Å². The smallest absolute Gasteiger partial charge is 0.407 e. The highest BCUT2D eigenvalue weighted by Crippen LogP contribution is 2.26. The SMILES string of the molecule is Cn1c(C(=O)Nc2ccccc2COc2ccc(OC[C@@H]3CCN(C(=O)O)C3)cc2)cc2sccc21. The summed E-state index contributed by atoms with van der Waals surface area (Å²) in [5, 5.41) is 14.1. The Morgan fingerprint density at radius 3 is 2.56 bits per heavy atom. The third-order valence-corrected chi connectivity index (χ3v) is 7.28. The predicted octanol–water partition coefficient (Wildman–Crippen LogP) is 5.45. The van der Waals surface area contributed by atoms with E-state index in [1.165, 1.54) is 4.90 Å². The Kier molecular flexibility index (Phi) is 6.81. The standard InChI is InChI=1S/C27H27N3O5S/c1-29-23-11-13-36-25(23)14-24(29)26(31)28-22-5-3-2-4-19(22)17-35-21-8-6-20(7-9-21)34-16-18-10-12-30(15-18)27(32)33/h2-9,11,13-14,18H,10,12,15-17H2,1H3,(H,28,31)(H,32,33)/t18-/m1/s1. The quantitative estimate of drug-likeness (QED) is 0.332. The van der Waals surface area contributed by atoms with Crippen LogP contribution in [0.2, 0.25) is 0 Å². The third-order valence-electron chi connectivity index (χ3n) is 6.42. The molecule has 3 heterocycles. The maximum Gasteiger partial charge on any atom is 0.407 e. The summed E-state index contributed by atoms with van der Waals surface area (Å²) < 4.78 is 14.8. The minimum atomic E-state index is -0.875. The zero-order valence-electron chi connectivity index (χ0n) is 19.8. The van der Waals surface area contributed by atoms with Crippen molar-refractivity contribution in [3.05, 3.63) is 77.3 Å². The summed E-state index contributed by atoms with van der Waals surface area (Å²) in [6.07, 6.45) is -0.0637. The number of carbonyl (C=O) groups is 2. The van der Waals surface area contributed by atoms with E-state index in [0.29, 0.717) is 49.2 Å². The minimum absolute atomic E-state index is 0.163. The Bertz CT molecular complexity index is 1380. The number of hydrogen-bond acceptors (Lipinski definition) is 5. The average molecular weight is 506 g/mol. The molecule has 9 heteroatoms. The van der Waals surface area contributed by atoms with E-state index in [-0.39, 0.29) is 11.8 Å². The van der Waals surface area contributed by atoms with E-state index >= 15 is 0 Å². The molecule has 2 amide bonds. The molecule has 1 aliphatic rings. The molecule has 2 aromatic heterocycles. The highest BCUT2D eigenvalue weighted by Gasteiger charge is 2.26. The van der Waals surface area contributed by atoms with E-state index in [1.807, 2.05) is 77.7 Å². The van der Waals surface area contributed by atoms with Crippen molar-refractivity contribution in [2.75, 3.05) is 25.0 Å².